The van der Waals surface area contributed by atoms with Gasteiger partial charge in [0.2, 0.25) is 5.13 Å². The number of alkyl halides is 3. The van der Waals surface area contributed by atoms with Gasteiger partial charge in [-0.1, -0.05) is 24.3 Å². The Labute approximate surface area is 262 Å². The first-order valence-electron chi connectivity index (χ1n) is 11.7. The standard InChI is InChI=1S/C12H11ClFN3S.C9H10FN3S.C3H4Cl2O.C2H6O/c1-8(9-2-4-10(14)5-3-9)16-17-12-15-11(6-13)7-18-12;1-6(12-13-9(11)14)7-2-4-8(10)5-3-7;4-1-3(6)2-5;1-2-3/h2-5,7H,6H2,1H3,(H,15,17);2-5H,1H3,(H3,11,13,14);1-2H2;3H,2H2,1H3/b16-8+;12-6+;;. The van der Waals surface area contributed by atoms with Crippen molar-refractivity contribution in [1.29, 1.82) is 0 Å². The van der Waals surface area contributed by atoms with Gasteiger partial charge < -0.3 is 10.8 Å². The lowest BCUT2D eigenvalue weighted by Gasteiger charge is -2.01. The van der Waals surface area contributed by atoms with Crippen LogP contribution in [0.1, 0.15) is 37.6 Å². The van der Waals surface area contributed by atoms with Gasteiger partial charge in [-0.15, -0.1) is 46.1 Å². The number of aliphatic hydroxyl groups excluding tert-OH is 1. The van der Waals surface area contributed by atoms with Crippen molar-refractivity contribution in [2.45, 2.75) is 26.7 Å². The van der Waals surface area contributed by atoms with Crippen molar-refractivity contribution in [3.8, 4) is 0 Å². The number of nitrogens with zero attached hydrogens (tertiary/aromatic N) is 3. The minimum Gasteiger partial charge on any atom is -0.397 e. The molecule has 0 unspecified atom stereocenters. The molecule has 1 aromatic heterocycles. The number of hydrogen-bond donors (Lipinski definition) is 4. The fraction of sp³-hybridized carbons (Fsp3) is 0.269. The van der Waals surface area contributed by atoms with E-state index in [9.17, 15) is 13.6 Å². The number of nitrogens with two attached hydrogens (primary N) is 1. The molecule has 224 valence electrons. The largest absolute Gasteiger partial charge is 0.397 e. The second kappa shape index (κ2) is 22.9. The van der Waals surface area contributed by atoms with Crippen molar-refractivity contribution in [2.24, 2.45) is 15.9 Å². The molecule has 3 rings (SSSR count). The summed E-state index contributed by atoms with van der Waals surface area (Å²) in [7, 11) is 0. The monoisotopic (exact) mass is 666 g/mol. The Morgan fingerprint density at radius 3 is 1.76 bits per heavy atom. The topological polar surface area (TPSA) is 125 Å². The first-order chi connectivity index (χ1) is 19.5. The first kappa shape index (κ1) is 38.3. The lowest BCUT2D eigenvalue weighted by atomic mass is 10.1. The Balaban J connectivity index is 0.000000616. The van der Waals surface area contributed by atoms with E-state index in [0.29, 0.717) is 16.7 Å². The zero-order valence-electron chi connectivity index (χ0n) is 22.5. The smallest absolute Gasteiger partial charge is 0.203 e. The second-order valence-corrected chi connectivity index (χ2v) is 9.50. The van der Waals surface area contributed by atoms with Crippen molar-refractivity contribution in [1.82, 2.24) is 10.4 Å². The van der Waals surface area contributed by atoms with Gasteiger partial charge in [-0.05, 0) is 68.4 Å². The summed E-state index contributed by atoms with van der Waals surface area (Å²) >= 11 is 21.7. The lowest BCUT2D eigenvalue weighted by Crippen LogP contribution is -2.25. The SMILES string of the molecule is C/C(=N\NC(N)=S)c1ccc(F)cc1.C/C(=N\Nc1nc(CCl)cs1)c1ccc(F)cc1.CCO.O=C(CCl)CCl. The van der Waals surface area contributed by atoms with E-state index in [1.807, 2.05) is 12.3 Å². The fourth-order valence-corrected chi connectivity index (χ4v) is 3.45. The molecule has 0 spiro atoms. The third-order valence-corrected chi connectivity index (χ3v) is 5.92. The van der Waals surface area contributed by atoms with Crippen LogP contribution in [0.4, 0.5) is 13.9 Å². The number of halogens is 5. The minimum atomic E-state index is -0.274. The Morgan fingerprint density at radius 2 is 1.41 bits per heavy atom. The highest BCUT2D eigenvalue weighted by Crippen LogP contribution is 2.17. The maximum Gasteiger partial charge on any atom is 0.203 e. The van der Waals surface area contributed by atoms with Crippen molar-refractivity contribution in [3.63, 3.8) is 0 Å². The summed E-state index contributed by atoms with van der Waals surface area (Å²) < 4.78 is 25.3. The number of anilines is 1. The van der Waals surface area contributed by atoms with Gasteiger partial charge in [0.15, 0.2) is 10.9 Å². The molecular formula is C26H31Cl3F2N6O2S2. The summed E-state index contributed by atoms with van der Waals surface area (Å²) in [6.45, 7) is 5.55. The summed E-state index contributed by atoms with van der Waals surface area (Å²) in [5.41, 5.74) is 14.5. The van der Waals surface area contributed by atoms with E-state index in [0.717, 1.165) is 22.5 Å². The Kier molecular flexibility index (Phi) is 21.4. The number of Topliss-reactive ketones (excluding diaryl/α,β-unsaturated/α-hetero) is 1. The molecule has 0 bridgehead atoms. The van der Waals surface area contributed by atoms with Crippen LogP contribution in [0.15, 0.2) is 64.1 Å². The van der Waals surface area contributed by atoms with E-state index >= 15 is 0 Å². The van der Waals surface area contributed by atoms with Gasteiger partial charge >= 0.3 is 0 Å². The van der Waals surface area contributed by atoms with Crippen LogP contribution in [-0.2, 0) is 10.7 Å². The van der Waals surface area contributed by atoms with Gasteiger partial charge in [0.05, 0.1) is 34.8 Å². The number of nitrogens with one attached hydrogen (secondary N) is 2. The maximum absolute atomic E-state index is 12.8. The average Bonchev–Trinajstić information content (AvgIpc) is 3.44. The quantitative estimate of drug-likeness (QED) is 0.0966. The molecule has 0 aliphatic heterocycles. The highest BCUT2D eigenvalue weighted by molar-refractivity contribution is 7.80. The van der Waals surface area contributed by atoms with E-state index in [2.05, 4.69) is 38.3 Å². The third-order valence-electron chi connectivity index (χ3n) is 4.16. The van der Waals surface area contributed by atoms with Crippen LogP contribution in [0.2, 0.25) is 0 Å². The number of aliphatic hydroxyl groups is 1. The summed E-state index contributed by atoms with van der Waals surface area (Å²) in [4.78, 5) is 14.1. The number of rotatable bonds is 8. The first-order valence-corrected chi connectivity index (χ1v) is 14.6. The predicted molar refractivity (Wildman–Crippen MR) is 172 cm³/mol. The van der Waals surface area contributed by atoms with Crippen molar-refractivity contribution >= 4 is 85.8 Å². The summed E-state index contributed by atoms with van der Waals surface area (Å²) in [6.07, 6.45) is 0. The Morgan fingerprint density at radius 1 is 0.976 bits per heavy atom. The van der Waals surface area contributed by atoms with Crippen molar-refractivity contribution in [2.75, 3.05) is 23.8 Å². The van der Waals surface area contributed by atoms with Gasteiger partial charge in [-0.3, -0.25) is 15.6 Å². The van der Waals surface area contributed by atoms with Crippen LogP contribution in [0.3, 0.4) is 0 Å². The van der Waals surface area contributed by atoms with E-state index in [-0.39, 0.29) is 40.9 Å². The zero-order chi connectivity index (χ0) is 31.2. The number of ketones is 1. The molecule has 0 atom stereocenters. The zero-order valence-corrected chi connectivity index (χ0v) is 26.4. The molecule has 0 amide bonds. The molecule has 5 N–H and O–H groups in total. The third kappa shape index (κ3) is 18.3. The molecule has 0 saturated heterocycles. The van der Waals surface area contributed by atoms with E-state index in [1.165, 1.54) is 35.6 Å². The van der Waals surface area contributed by atoms with Crippen LogP contribution in [-0.4, -0.2) is 50.8 Å². The number of hydrogen-bond acceptors (Lipinski definition) is 8. The average molecular weight is 668 g/mol. The van der Waals surface area contributed by atoms with Crippen LogP contribution in [0.5, 0.6) is 0 Å². The van der Waals surface area contributed by atoms with E-state index in [1.54, 1.807) is 38.1 Å². The molecule has 2 aromatic carbocycles. The van der Waals surface area contributed by atoms with E-state index < -0.39 is 0 Å². The Bertz CT molecular complexity index is 1240. The molecule has 0 saturated carbocycles. The minimum absolute atomic E-state index is 0.0312. The molecule has 0 fully saturated rings. The van der Waals surface area contributed by atoms with Crippen LogP contribution in [0.25, 0.3) is 0 Å². The van der Waals surface area contributed by atoms with Gasteiger partial charge in [0.25, 0.3) is 0 Å². The summed E-state index contributed by atoms with van der Waals surface area (Å²) in [5, 5.41) is 18.3. The van der Waals surface area contributed by atoms with E-state index in [4.69, 9.17) is 45.6 Å². The molecule has 0 aliphatic carbocycles. The van der Waals surface area contributed by atoms with Gasteiger partial charge in [-0.2, -0.15) is 10.2 Å². The fourth-order valence-electron chi connectivity index (χ4n) is 2.24. The molecule has 0 aliphatic rings. The number of hydrazone groups is 2. The maximum atomic E-state index is 12.8. The number of thiazole rings is 1. The van der Waals surface area contributed by atoms with Crippen LogP contribution in [0, 0.1) is 11.6 Å². The molecule has 1 heterocycles. The predicted octanol–water partition coefficient (Wildman–Crippen LogP) is 6.27. The van der Waals surface area contributed by atoms with Gasteiger partial charge in [-0.25, -0.2) is 13.8 Å². The highest BCUT2D eigenvalue weighted by atomic mass is 35.5. The number of aromatic nitrogens is 1. The molecular weight excluding hydrogens is 637 g/mol. The number of benzene rings is 2. The van der Waals surface area contributed by atoms with Gasteiger partial charge in [0, 0.05) is 12.0 Å². The lowest BCUT2D eigenvalue weighted by molar-refractivity contribution is -0.114. The van der Waals surface area contributed by atoms with Crippen LogP contribution < -0.4 is 16.6 Å². The molecule has 3 aromatic rings. The molecule has 8 nitrogen and oxygen atoms in total. The number of carbonyl (C=O) groups excluding carboxylic acids is 1. The van der Waals surface area contributed by atoms with Crippen LogP contribution >= 0.6 is 58.4 Å². The second-order valence-electron chi connectivity index (χ2n) is 7.40. The normalized spacial score (nSPS) is 10.6. The van der Waals surface area contributed by atoms with Crippen molar-refractivity contribution < 1.29 is 18.7 Å². The van der Waals surface area contributed by atoms with Crippen molar-refractivity contribution in [3.05, 3.63) is 82.4 Å². The summed E-state index contributed by atoms with van der Waals surface area (Å²) in [5.74, 6) is -0.209. The molecule has 41 heavy (non-hydrogen) atoms. The molecule has 15 heteroatoms. The van der Waals surface area contributed by atoms with Gasteiger partial charge in [0.1, 0.15) is 11.6 Å². The number of carbonyl (C=O) groups is 1. The highest BCUT2D eigenvalue weighted by Gasteiger charge is 2.01. The molecule has 0 radical (unpaired) electrons. The number of thiocarbonyl (C=S) groups is 1. The Hall–Kier alpha value is -2.74. The summed E-state index contributed by atoms with van der Waals surface area (Å²) in [6, 6.07) is 12.2.